The first-order chi connectivity index (χ1) is 14.0. The lowest BCUT2D eigenvalue weighted by Gasteiger charge is -2.16. The van der Waals surface area contributed by atoms with Gasteiger partial charge in [0.1, 0.15) is 5.38 Å². The molecule has 3 aromatic heterocycles. The van der Waals surface area contributed by atoms with E-state index in [1.807, 2.05) is 18.2 Å². The molecule has 1 amide bonds. The minimum Gasteiger partial charge on any atom is -0.526 e. The Kier molecular flexibility index (Phi) is 4.96. The van der Waals surface area contributed by atoms with Crippen molar-refractivity contribution in [3.05, 3.63) is 71.7 Å². The number of rotatable bonds is 4. The van der Waals surface area contributed by atoms with Gasteiger partial charge in [0.15, 0.2) is 11.3 Å². The zero-order chi connectivity index (χ0) is 20.5. The summed E-state index contributed by atoms with van der Waals surface area (Å²) >= 11 is 1.42. The number of carbonyl (C=O) groups excluding carboxylic acids is 1. The number of pyridine rings is 1. The number of ether oxygens (including phenoxy) is 1. The van der Waals surface area contributed by atoms with E-state index in [9.17, 15) is 9.90 Å². The predicted octanol–water partition coefficient (Wildman–Crippen LogP) is 3.20. The molecule has 7 nitrogen and oxygen atoms in total. The van der Waals surface area contributed by atoms with Crippen molar-refractivity contribution in [2.75, 3.05) is 21.2 Å². The molecule has 0 atom stereocenters. The zero-order valence-electron chi connectivity index (χ0n) is 16.2. The number of benzene rings is 1. The third-order valence-electron chi connectivity index (χ3n) is 4.51. The van der Waals surface area contributed by atoms with Gasteiger partial charge in [0.2, 0.25) is 5.01 Å². The molecule has 4 rings (SSSR count). The van der Waals surface area contributed by atoms with Gasteiger partial charge in [0.05, 0.1) is 27.0 Å². The molecule has 0 bridgehead atoms. The van der Waals surface area contributed by atoms with Crippen molar-refractivity contribution in [2.24, 2.45) is 0 Å². The van der Waals surface area contributed by atoms with E-state index in [0.717, 1.165) is 16.0 Å². The van der Waals surface area contributed by atoms with Crippen LogP contribution in [0.3, 0.4) is 0 Å². The Hall–Kier alpha value is -3.36. The van der Waals surface area contributed by atoms with Crippen molar-refractivity contribution in [3.63, 3.8) is 0 Å². The molecule has 0 saturated heterocycles. The summed E-state index contributed by atoms with van der Waals surface area (Å²) in [6, 6.07) is 8.93. The van der Waals surface area contributed by atoms with Crippen molar-refractivity contribution < 1.29 is 19.2 Å². The molecular formula is C21H19N4O3S-. The molecule has 0 aliphatic rings. The van der Waals surface area contributed by atoms with E-state index < -0.39 is 0 Å². The first-order valence-electron chi connectivity index (χ1n) is 8.83. The van der Waals surface area contributed by atoms with Gasteiger partial charge in [-0.15, -0.1) is 23.1 Å². The summed E-state index contributed by atoms with van der Waals surface area (Å²) in [6.45, 7) is 0. The fraction of sp³-hybridized carbons (Fsp3) is 0.143. The van der Waals surface area contributed by atoms with E-state index >= 15 is 0 Å². The minimum absolute atomic E-state index is 0.0110. The Balaban J connectivity index is 1.79. The highest BCUT2D eigenvalue weighted by atomic mass is 32.1. The van der Waals surface area contributed by atoms with Crippen molar-refractivity contribution in [3.8, 4) is 16.3 Å². The van der Waals surface area contributed by atoms with Crippen molar-refractivity contribution >= 4 is 28.3 Å². The second-order valence-corrected chi connectivity index (χ2v) is 7.46. The van der Waals surface area contributed by atoms with Gasteiger partial charge in [-0.3, -0.25) is 14.5 Å². The van der Waals surface area contributed by atoms with Crippen LogP contribution in [0.5, 0.6) is 5.75 Å². The fourth-order valence-electron chi connectivity index (χ4n) is 3.04. The van der Waals surface area contributed by atoms with E-state index in [-0.39, 0.29) is 12.1 Å². The van der Waals surface area contributed by atoms with Crippen molar-refractivity contribution in [1.82, 2.24) is 14.9 Å². The second-order valence-electron chi connectivity index (χ2n) is 6.60. The van der Waals surface area contributed by atoms with Crippen LogP contribution < -0.4 is 9.30 Å². The molecule has 1 N–H and O–H groups in total. The monoisotopic (exact) mass is 407 g/mol. The first kappa shape index (κ1) is 19.0. The van der Waals surface area contributed by atoms with Gasteiger partial charge < -0.3 is 14.8 Å². The lowest BCUT2D eigenvalue weighted by atomic mass is 10.1. The molecule has 29 heavy (non-hydrogen) atoms. The lowest BCUT2D eigenvalue weighted by molar-refractivity contribution is -0.547. The van der Waals surface area contributed by atoms with Crippen LogP contribution in [-0.2, 0) is 0 Å². The Morgan fingerprint density at radius 2 is 2.17 bits per heavy atom. The summed E-state index contributed by atoms with van der Waals surface area (Å²) in [5, 5.41) is 14.3. The van der Waals surface area contributed by atoms with Gasteiger partial charge >= 0.3 is 6.03 Å². The third-order valence-corrected chi connectivity index (χ3v) is 5.40. The summed E-state index contributed by atoms with van der Waals surface area (Å²) in [5.74, 6) is 0.627. The average Bonchev–Trinajstić information content (AvgIpc) is 3.38. The summed E-state index contributed by atoms with van der Waals surface area (Å²) < 4.78 is 6.80. The minimum atomic E-state index is -0.225. The van der Waals surface area contributed by atoms with Gasteiger partial charge in [-0.2, -0.15) is 0 Å². The van der Waals surface area contributed by atoms with Crippen LogP contribution in [-0.4, -0.2) is 47.2 Å². The Morgan fingerprint density at radius 3 is 2.86 bits per heavy atom. The number of amides is 1. The van der Waals surface area contributed by atoms with E-state index in [1.165, 1.54) is 20.8 Å². The highest BCUT2D eigenvalue weighted by Crippen LogP contribution is 2.32. The van der Waals surface area contributed by atoms with E-state index in [1.54, 1.807) is 57.3 Å². The molecule has 0 radical (unpaired) electrons. The number of hydrogen-bond acceptors (Lipinski definition) is 5. The maximum Gasteiger partial charge on any atom is 0.441 e. The molecule has 0 fully saturated rings. The first-order valence-corrected chi connectivity index (χ1v) is 9.71. The Bertz CT molecular complexity index is 1170. The van der Waals surface area contributed by atoms with Gasteiger partial charge in [-0.25, -0.2) is 4.79 Å². The number of aliphatic hydroxyl groups excluding tert-OH is 1. The number of aliphatic hydroxyl groups is 1. The highest BCUT2D eigenvalue weighted by Gasteiger charge is 2.20. The van der Waals surface area contributed by atoms with Gasteiger partial charge in [-0.05, 0) is 23.9 Å². The van der Waals surface area contributed by atoms with Gasteiger partial charge in [0, 0.05) is 23.6 Å². The summed E-state index contributed by atoms with van der Waals surface area (Å²) in [4.78, 5) is 22.8. The van der Waals surface area contributed by atoms with Crippen LogP contribution in [0, 0.1) is 6.10 Å². The third kappa shape index (κ3) is 3.43. The number of nitrogens with zero attached hydrogens (tertiary/aromatic N) is 4. The SMILES string of the molecule is COc1ccc2c([C-](O)c3c[s+][c-](-c4cccnc4)n3)c[n+](C(=O)N(C)C)[c-]2c1. The van der Waals surface area contributed by atoms with Crippen molar-refractivity contribution in [1.29, 1.82) is 0 Å². The molecule has 1 aromatic carbocycles. The number of thiazole rings is 1. The molecule has 0 aliphatic carbocycles. The molecule has 4 aromatic rings. The Morgan fingerprint density at radius 1 is 1.34 bits per heavy atom. The molecule has 0 spiro atoms. The second kappa shape index (κ2) is 7.57. The molecule has 3 heterocycles. The van der Waals surface area contributed by atoms with Crippen LogP contribution in [0.1, 0.15) is 11.3 Å². The Labute approximate surface area is 171 Å². The number of fused-ring (bicyclic) bond motifs is 1. The number of hydrogen-bond donors (Lipinski definition) is 1. The summed E-state index contributed by atoms with van der Waals surface area (Å²) in [7, 11) is 4.93. The topological polar surface area (TPSA) is 79.4 Å². The number of methoxy groups -OCH3 is 1. The number of carbonyl (C=O) groups is 1. The van der Waals surface area contributed by atoms with Crippen LogP contribution in [0.15, 0.2) is 54.3 Å². The standard InChI is InChI=1S/C21H19N4O3S/c1-24(2)21(27)25-11-16(15-7-6-14(28-3)9-18(15)25)19(26)17-12-29-20(23-17)13-5-4-8-22-10-13/h4-12,26H,1-3H3/q-1. The summed E-state index contributed by atoms with van der Waals surface area (Å²) in [6.07, 6.45) is 5.07. The maximum absolute atomic E-state index is 12.7. The maximum atomic E-state index is 12.7. The van der Waals surface area contributed by atoms with Crippen LogP contribution >= 0.6 is 11.3 Å². The average molecular weight is 407 g/mol. The van der Waals surface area contributed by atoms with E-state index in [4.69, 9.17) is 4.74 Å². The molecular weight excluding hydrogens is 388 g/mol. The predicted molar refractivity (Wildman–Crippen MR) is 109 cm³/mol. The molecule has 8 heteroatoms. The molecule has 0 aliphatic heterocycles. The largest absolute Gasteiger partial charge is 0.526 e. The fourth-order valence-corrected chi connectivity index (χ4v) is 3.83. The van der Waals surface area contributed by atoms with Crippen molar-refractivity contribution in [2.45, 2.75) is 0 Å². The zero-order valence-corrected chi connectivity index (χ0v) is 17.0. The molecule has 148 valence electrons. The summed E-state index contributed by atoms with van der Waals surface area (Å²) in [5.41, 5.74) is 2.50. The quantitative estimate of drug-likeness (QED) is 0.319. The molecule has 0 unspecified atom stereocenters. The lowest BCUT2D eigenvalue weighted by Crippen LogP contribution is -2.48. The highest BCUT2D eigenvalue weighted by molar-refractivity contribution is 7.13. The molecule has 0 saturated carbocycles. The van der Waals surface area contributed by atoms with Crippen LogP contribution in [0.4, 0.5) is 4.79 Å². The number of aromatic nitrogens is 3. The van der Waals surface area contributed by atoms with Gasteiger partial charge in [-0.1, -0.05) is 12.1 Å². The van der Waals surface area contributed by atoms with Crippen LogP contribution in [0.2, 0.25) is 0 Å². The smallest absolute Gasteiger partial charge is 0.441 e. The normalized spacial score (nSPS) is 10.9. The van der Waals surface area contributed by atoms with E-state index in [0.29, 0.717) is 22.5 Å². The van der Waals surface area contributed by atoms with E-state index in [2.05, 4.69) is 9.97 Å². The van der Waals surface area contributed by atoms with Crippen LogP contribution in [0.25, 0.3) is 21.5 Å². The van der Waals surface area contributed by atoms with Gasteiger partial charge in [0.25, 0.3) is 0 Å².